The van der Waals surface area contributed by atoms with Crippen LogP contribution in [0, 0.1) is 40.4 Å². The highest BCUT2D eigenvalue weighted by Crippen LogP contribution is 2.65. The molecule has 3 fully saturated rings. The van der Waals surface area contributed by atoms with Gasteiger partial charge in [-0.2, -0.15) is 0 Å². The molecule has 0 saturated heterocycles. The van der Waals surface area contributed by atoms with Crippen LogP contribution < -0.4 is 0 Å². The van der Waals surface area contributed by atoms with Gasteiger partial charge in [-0.05, 0) is 91.8 Å². The summed E-state index contributed by atoms with van der Waals surface area (Å²) in [6.45, 7) is 12.1. The molecular weight excluding hydrogens is 340 g/mol. The molecule has 0 aromatic heterocycles. The lowest BCUT2D eigenvalue weighted by Crippen LogP contribution is -2.45. The van der Waals surface area contributed by atoms with Gasteiger partial charge in [0, 0.05) is 0 Å². The zero-order valence-electron chi connectivity index (χ0n) is 18.9. The smallest absolute Gasteiger partial charge is 0.0578 e. The van der Waals surface area contributed by atoms with Crippen molar-refractivity contribution >= 4 is 0 Å². The van der Waals surface area contributed by atoms with Crippen molar-refractivity contribution in [1.29, 1.82) is 0 Å². The minimum atomic E-state index is -0.112. The average molecular weight is 383 g/mol. The van der Waals surface area contributed by atoms with Gasteiger partial charge in [0.05, 0.1) is 6.10 Å². The second kappa shape index (κ2) is 7.46. The highest BCUT2D eigenvalue weighted by Gasteiger charge is 2.55. The molecule has 0 aromatic carbocycles. The van der Waals surface area contributed by atoms with E-state index in [0.29, 0.717) is 16.7 Å². The maximum absolute atomic E-state index is 10.2. The predicted molar refractivity (Wildman–Crippen MR) is 119 cm³/mol. The van der Waals surface area contributed by atoms with E-state index in [1.807, 2.05) is 0 Å². The molecule has 0 aromatic rings. The van der Waals surface area contributed by atoms with Gasteiger partial charge in [-0.15, -0.1) is 0 Å². The van der Waals surface area contributed by atoms with E-state index in [9.17, 15) is 5.11 Å². The van der Waals surface area contributed by atoms with E-state index in [-0.39, 0.29) is 6.10 Å². The summed E-state index contributed by atoms with van der Waals surface area (Å²) in [7, 11) is 0. The second-order valence-corrected chi connectivity index (χ2v) is 11.4. The summed E-state index contributed by atoms with van der Waals surface area (Å²) in [5.41, 5.74) is 4.11. The van der Waals surface area contributed by atoms with Gasteiger partial charge in [-0.1, -0.05) is 70.1 Å². The Kier molecular flexibility index (Phi) is 5.45. The first-order valence-electron chi connectivity index (χ1n) is 12.0. The Bertz CT molecular complexity index is 682. The van der Waals surface area contributed by atoms with E-state index in [2.05, 4.69) is 58.9 Å². The van der Waals surface area contributed by atoms with Crippen molar-refractivity contribution in [3.05, 3.63) is 35.5 Å². The van der Waals surface area contributed by atoms with Gasteiger partial charge >= 0.3 is 0 Å². The fourth-order valence-electron chi connectivity index (χ4n) is 7.16. The van der Waals surface area contributed by atoms with Crippen molar-refractivity contribution in [3.8, 4) is 0 Å². The Morgan fingerprint density at radius 3 is 2.57 bits per heavy atom. The second-order valence-electron chi connectivity index (χ2n) is 11.4. The van der Waals surface area contributed by atoms with E-state index < -0.39 is 0 Å². The largest absolute Gasteiger partial charge is 0.393 e. The molecule has 1 heteroatoms. The van der Waals surface area contributed by atoms with Crippen molar-refractivity contribution in [2.45, 2.75) is 92.1 Å². The summed E-state index contributed by atoms with van der Waals surface area (Å²) < 4.78 is 0. The van der Waals surface area contributed by atoms with Crippen LogP contribution in [0.2, 0.25) is 0 Å². The van der Waals surface area contributed by atoms with E-state index in [4.69, 9.17) is 0 Å². The van der Waals surface area contributed by atoms with Gasteiger partial charge in [0.2, 0.25) is 0 Å². The molecule has 7 atom stereocenters. The molecular formula is C27H42O. The van der Waals surface area contributed by atoms with Crippen molar-refractivity contribution < 1.29 is 5.11 Å². The van der Waals surface area contributed by atoms with Gasteiger partial charge in [0.1, 0.15) is 0 Å². The Balaban J connectivity index is 1.53. The van der Waals surface area contributed by atoms with Crippen LogP contribution in [0.3, 0.4) is 0 Å². The molecule has 0 spiro atoms. The van der Waals surface area contributed by atoms with E-state index in [1.54, 1.807) is 5.57 Å². The van der Waals surface area contributed by atoms with Crippen LogP contribution in [-0.2, 0) is 0 Å². The molecule has 1 N–H and O–H groups in total. The van der Waals surface area contributed by atoms with Crippen LogP contribution in [0.25, 0.3) is 0 Å². The lowest BCUT2D eigenvalue weighted by Gasteiger charge is -2.54. The van der Waals surface area contributed by atoms with Crippen molar-refractivity contribution in [2.75, 3.05) is 0 Å². The third-order valence-corrected chi connectivity index (χ3v) is 9.65. The fraction of sp³-hybridized carbons (Fsp3) is 0.778. The van der Waals surface area contributed by atoms with Gasteiger partial charge in [0.25, 0.3) is 0 Å². The number of aliphatic hydroxyl groups is 1. The fourth-order valence-corrected chi connectivity index (χ4v) is 7.16. The van der Waals surface area contributed by atoms with Crippen molar-refractivity contribution in [3.63, 3.8) is 0 Å². The summed E-state index contributed by atoms with van der Waals surface area (Å²) >= 11 is 0. The molecule has 4 aliphatic carbocycles. The first-order chi connectivity index (χ1) is 13.3. The van der Waals surface area contributed by atoms with Gasteiger partial charge < -0.3 is 5.11 Å². The number of hydrogen-bond donors (Lipinski definition) is 1. The van der Waals surface area contributed by atoms with Crippen molar-refractivity contribution in [2.24, 2.45) is 40.4 Å². The van der Waals surface area contributed by atoms with Gasteiger partial charge in [-0.25, -0.2) is 0 Å². The summed E-state index contributed by atoms with van der Waals surface area (Å²) in [4.78, 5) is 0. The third-order valence-electron chi connectivity index (χ3n) is 9.65. The van der Waals surface area contributed by atoms with E-state index in [1.165, 1.54) is 44.1 Å². The molecule has 0 amide bonds. The molecule has 0 aliphatic heterocycles. The molecule has 6 unspecified atom stereocenters. The van der Waals surface area contributed by atoms with Crippen molar-refractivity contribution in [1.82, 2.24) is 0 Å². The van der Waals surface area contributed by atoms with E-state index in [0.717, 1.165) is 36.5 Å². The Hall–Kier alpha value is -0.820. The molecule has 4 rings (SSSR count). The molecule has 4 aliphatic rings. The highest BCUT2D eigenvalue weighted by molar-refractivity contribution is 5.38. The number of allylic oxidation sites excluding steroid dienone is 5. The van der Waals surface area contributed by atoms with Gasteiger partial charge in [0.15, 0.2) is 0 Å². The van der Waals surface area contributed by atoms with E-state index >= 15 is 0 Å². The molecule has 0 bridgehead atoms. The molecule has 3 saturated carbocycles. The standard InChI is InChI=1S/C27H42O/c1-18(2)19(3)7-6-8-20-10-12-24-23-11-9-21-17-22(28)13-15-27(21,5)25(23)14-16-26(20,24)4/h6-7,9,11,18-20,22,24-25,28H,8,10,12-17H2,1-5H3/b7-6+/t19-,20?,22?,24?,25?,26?,27?/m0/s1. The van der Waals surface area contributed by atoms with Gasteiger partial charge in [-0.3, -0.25) is 0 Å². The van der Waals surface area contributed by atoms with Crippen LogP contribution in [0.15, 0.2) is 35.5 Å². The summed E-state index contributed by atoms with van der Waals surface area (Å²) in [6.07, 6.45) is 19.6. The van der Waals surface area contributed by atoms with Crippen LogP contribution in [-0.4, -0.2) is 11.2 Å². The molecule has 0 heterocycles. The summed E-state index contributed by atoms with van der Waals surface area (Å²) in [5.74, 6) is 3.79. The van der Waals surface area contributed by atoms with Crippen LogP contribution in [0.4, 0.5) is 0 Å². The predicted octanol–water partition coefficient (Wildman–Crippen LogP) is 7.08. The topological polar surface area (TPSA) is 20.2 Å². The van der Waals surface area contributed by atoms with Crippen LogP contribution in [0.5, 0.6) is 0 Å². The van der Waals surface area contributed by atoms with Crippen LogP contribution >= 0.6 is 0 Å². The number of rotatable bonds is 4. The zero-order valence-corrected chi connectivity index (χ0v) is 18.9. The highest BCUT2D eigenvalue weighted by atomic mass is 16.3. The summed E-state index contributed by atoms with van der Waals surface area (Å²) in [6, 6.07) is 0. The number of hydrogen-bond acceptors (Lipinski definition) is 1. The zero-order chi connectivity index (χ0) is 20.1. The molecule has 1 nitrogen and oxygen atoms in total. The maximum Gasteiger partial charge on any atom is 0.0578 e. The molecule has 156 valence electrons. The minimum Gasteiger partial charge on any atom is -0.393 e. The van der Waals surface area contributed by atoms with Crippen LogP contribution in [0.1, 0.15) is 86.0 Å². The minimum absolute atomic E-state index is 0.112. The lowest BCUT2D eigenvalue weighted by molar-refractivity contribution is 0.0453. The Morgan fingerprint density at radius 1 is 1.04 bits per heavy atom. The first kappa shape index (κ1) is 20.5. The number of fused-ring (bicyclic) bond motifs is 5. The lowest BCUT2D eigenvalue weighted by atomic mass is 9.50. The molecule has 28 heavy (non-hydrogen) atoms. The third kappa shape index (κ3) is 3.26. The maximum atomic E-state index is 10.2. The summed E-state index contributed by atoms with van der Waals surface area (Å²) in [5, 5.41) is 10.2. The molecule has 0 radical (unpaired) electrons. The Labute approximate surface area is 173 Å². The normalized spacial score (nSPS) is 44.0. The average Bonchev–Trinajstić information content (AvgIpc) is 2.99. The first-order valence-corrected chi connectivity index (χ1v) is 12.0. The Morgan fingerprint density at radius 2 is 1.82 bits per heavy atom. The number of aliphatic hydroxyl groups excluding tert-OH is 1. The monoisotopic (exact) mass is 382 g/mol. The SMILES string of the molecule is CC(C)[C@@H](C)/C=C/CC1CCC2C3=CC=C4CC(O)CCC4(C)C3CCC12C. The quantitative estimate of drug-likeness (QED) is 0.515.